The lowest BCUT2D eigenvalue weighted by molar-refractivity contribution is -0.137. The third-order valence-corrected chi connectivity index (χ3v) is 3.85. The fourth-order valence-electron chi connectivity index (χ4n) is 2.62. The first kappa shape index (κ1) is 16.3. The van der Waals surface area contributed by atoms with Gasteiger partial charge in [0.15, 0.2) is 0 Å². The molecular weight excluding hydrogens is 281 g/mol. The summed E-state index contributed by atoms with van der Waals surface area (Å²) in [6, 6.07) is 5.26. The van der Waals surface area contributed by atoms with Crippen molar-refractivity contribution in [1.82, 2.24) is 0 Å². The van der Waals surface area contributed by atoms with E-state index in [-0.39, 0.29) is 12.7 Å². The number of aliphatic hydroxyl groups excluding tert-OH is 1. The lowest BCUT2D eigenvalue weighted by atomic mass is 10.0. The normalized spacial score (nSPS) is 18.1. The Morgan fingerprint density at radius 1 is 1.24 bits per heavy atom. The van der Waals surface area contributed by atoms with E-state index >= 15 is 0 Å². The second kappa shape index (κ2) is 7.27. The maximum absolute atomic E-state index is 12.6. The van der Waals surface area contributed by atoms with Crippen LogP contribution in [0.25, 0.3) is 0 Å². The molecular formula is C16H21F3O2. The van der Waals surface area contributed by atoms with Gasteiger partial charge in [-0.25, -0.2) is 0 Å². The van der Waals surface area contributed by atoms with Gasteiger partial charge in [-0.1, -0.05) is 31.0 Å². The van der Waals surface area contributed by atoms with Crippen molar-refractivity contribution in [3.63, 3.8) is 0 Å². The zero-order valence-electron chi connectivity index (χ0n) is 11.9. The van der Waals surface area contributed by atoms with Gasteiger partial charge in [0.25, 0.3) is 0 Å². The van der Waals surface area contributed by atoms with Gasteiger partial charge in [-0.2, -0.15) is 13.2 Å². The molecule has 1 atom stereocenters. The van der Waals surface area contributed by atoms with Crippen LogP contribution in [0.15, 0.2) is 24.3 Å². The van der Waals surface area contributed by atoms with Crippen LogP contribution in [0.2, 0.25) is 0 Å². The summed E-state index contributed by atoms with van der Waals surface area (Å²) in [5, 5.41) is 9.85. The number of aryl methyl sites for hydroxylation is 1. The minimum absolute atomic E-state index is 0.244. The predicted octanol–water partition coefficient (Wildman–Crippen LogP) is 3.96. The summed E-state index contributed by atoms with van der Waals surface area (Å²) >= 11 is 0. The van der Waals surface area contributed by atoms with E-state index in [1.54, 1.807) is 6.07 Å². The van der Waals surface area contributed by atoms with Crippen LogP contribution < -0.4 is 0 Å². The van der Waals surface area contributed by atoms with Crippen LogP contribution in [-0.4, -0.2) is 23.9 Å². The number of hydrogen-bond donors (Lipinski definition) is 1. The van der Waals surface area contributed by atoms with Crippen LogP contribution in [-0.2, 0) is 17.3 Å². The third-order valence-electron chi connectivity index (χ3n) is 3.85. The standard InChI is InChI=1S/C16H21F3O2/c17-16(18,19)13-5-3-4-12(10-13)8-9-14(20)11-21-15-6-1-2-7-15/h3-5,10,14-15,20H,1-2,6-9,11H2. The van der Waals surface area contributed by atoms with Crippen molar-refractivity contribution in [1.29, 1.82) is 0 Å². The van der Waals surface area contributed by atoms with Crippen molar-refractivity contribution in [3.8, 4) is 0 Å². The molecule has 0 aliphatic heterocycles. The molecule has 0 saturated heterocycles. The van der Waals surface area contributed by atoms with E-state index in [9.17, 15) is 18.3 Å². The molecule has 118 valence electrons. The van der Waals surface area contributed by atoms with Gasteiger partial charge in [0.05, 0.1) is 24.4 Å². The fraction of sp³-hybridized carbons (Fsp3) is 0.625. The average molecular weight is 302 g/mol. The van der Waals surface area contributed by atoms with Gasteiger partial charge in [0, 0.05) is 0 Å². The Hall–Kier alpha value is -1.07. The van der Waals surface area contributed by atoms with Crippen LogP contribution in [0, 0.1) is 0 Å². The van der Waals surface area contributed by atoms with Crippen LogP contribution in [0.4, 0.5) is 13.2 Å². The summed E-state index contributed by atoms with van der Waals surface area (Å²) in [5.41, 5.74) is -0.0542. The van der Waals surface area contributed by atoms with Gasteiger partial charge in [-0.3, -0.25) is 0 Å². The molecule has 2 rings (SSSR count). The summed E-state index contributed by atoms with van der Waals surface area (Å²) in [5.74, 6) is 0. The predicted molar refractivity (Wildman–Crippen MR) is 74.0 cm³/mol. The third kappa shape index (κ3) is 5.32. The Morgan fingerprint density at radius 2 is 1.95 bits per heavy atom. The molecule has 1 N–H and O–H groups in total. The SMILES string of the molecule is OC(CCc1cccc(C(F)(F)F)c1)COC1CCCC1. The van der Waals surface area contributed by atoms with E-state index in [1.165, 1.54) is 18.9 Å². The number of halogens is 3. The summed E-state index contributed by atoms with van der Waals surface area (Å²) in [6.07, 6.45) is 0.553. The molecule has 5 heteroatoms. The number of ether oxygens (including phenoxy) is 1. The molecule has 2 nitrogen and oxygen atoms in total. The molecule has 1 unspecified atom stereocenters. The van der Waals surface area contributed by atoms with Gasteiger partial charge in [-0.05, 0) is 37.3 Å². The minimum Gasteiger partial charge on any atom is -0.391 e. The molecule has 1 aromatic rings. The first-order valence-corrected chi connectivity index (χ1v) is 7.41. The molecule has 1 aliphatic rings. The smallest absolute Gasteiger partial charge is 0.391 e. The molecule has 0 radical (unpaired) electrons. The van der Waals surface area contributed by atoms with E-state index in [1.807, 2.05) is 0 Å². The first-order valence-electron chi connectivity index (χ1n) is 7.41. The van der Waals surface area contributed by atoms with Gasteiger partial charge in [0.2, 0.25) is 0 Å². The largest absolute Gasteiger partial charge is 0.416 e. The molecule has 1 fully saturated rings. The second-order valence-corrected chi connectivity index (χ2v) is 5.63. The quantitative estimate of drug-likeness (QED) is 0.862. The van der Waals surface area contributed by atoms with E-state index in [0.717, 1.165) is 25.0 Å². The highest BCUT2D eigenvalue weighted by atomic mass is 19.4. The van der Waals surface area contributed by atoms with E-state index in [2.05, 4.69) is 0 Å². The summed E-state index contributed by atoms with van der Waals surface area (Å²) in [7, 11) is 0. The highest BCUT2D eigenvalue weighted by molar-refractivity contribution is 5.25. The van der Waals surface area contributed by atoms with Crippen molar-refractivity contribution in [3.05, 3.63) is 35.4 Å². The summed E-state index contributed by atoms with van der Waals surface area (Å²) in [4.78, 5) is 0. The Morgan fingerprint density at radius 3 is 2.62 bits per heavy atom. The van der Waals surface area contributed by atoms with Gasteiger partial charge >= 0.3 is 6.18 Å². The van der Waals surface area contributed by atoms with Gasteiger partial charge in [0.1, 0.15) is 0 Å². The van der Waals surface area contributed by atoms with Crippen molar-refractivity contribution in [2.45, 2.75) is 56.9 Å². The molecule has 21 heavy (non-hydrogen) atoms. The lowest BCUT2D eigenvalue weighted by Gasteiger charge is -2.15. The molecule has 0 aromatic heterocycles. The Kier molecular flexibility index (Phi) is 5.65. The lowest BCUT2D eigenvalue weighted by Crippen LogP contribution is -2.20. The molecule has 0 heterocycles. The molecule has 0 spiro atoms. The molecule has 0 bridgehead atoms. The molecule has 0 amide bonds. The Labute approximate surface area is 122 Å². The van der Waals surface area contributed by atoms with E-state index in [4.69, 9.17) is 4.74 Å². The average Bonchev–Trinajstić information content (AvgIpc) is 2.95. The van der Waals surface area contributed by atoms with Crippen LogP contribution in [0.1, 0.15) is 43.2 Å². The second-order valence-electron chi connectivity index (χ2n) is 5.63. The Bertz CT molecular complexity index is 439. The van der Waals surface area contributed by atoms with Gasteiger partial charge < -0.3 is 9.84 Å². The summed E-state index contributed by atoms with van der Waals surface area (Å²) < 4.78 is 43.4. The first-order chi connectivity index (χ1) is 9.95. The maximum atomic E-state index is 12.6. The van der Waals surface area contributed by atoms with E-state index < -0.39 is 17.8 Å². The van der Waals surface area contributed by atoms with Crippen molar-refractivity contribution >= 4 is 0 Å². The van der Waals surface area contributed by atoms with Gasteiger partial charge in [-0.15, -0.1) is 0 Å². The number of benzene rings is 1. The summed E-state index contributed by atoms with van der Waals surface area (Å²) in [6.45, 7) is 0.267. The van der Waals surface area contributed by atoms with Crippen LogP contribution >= 0.6 is 0 Å². The number of rotatable bonds is 6. The van der Waals surface area contributed by atoms with Crippen LogP contribution in [0.3, 0.4) is 0 Å². The van der Waals surface area contributed by atoms with Crippen molar-refractivity contribution in [2.75, 3.05) is 6.61 Å². The minimum atomic E-state index is -4.32. The highest BCUT2D eigenvalue weighted by Gasteiger charge is 2.30. The fourth-order valence-corrected chi connectivity index (χ4v) is 2.62. The monoisotopic (exact) mass is 302 g/mol. The zero-order chi connectivity index (χ0) is 15.3. The van der Waals surface area contributed by atoms with Crippen LogP contribution in [0.5, 0.6) is 0 Å². The Balaban J connectivity index is 1.76. The van der Waals surface area contributed by atoms with E-state index in [0.29, 0.717) is 18.4 Å². The van der Waals surface area contributed by atoms with Crippen molar-refractivity contribution in [2.24, 2.45) is 0 Å². The number of hydrogen-bond acceptors (Lipinski definition) is 2. The topological polar surface area (TPSA) is 29.5 Å². The highest BCUT2D eigenvalue weighted by Crippen LogP contribution is 2.29. The molecule has 1 aliphatic carbocycles. The molecule has 1 saturated carbocycles. The maximum Gasteiger partial charge on any atom is 0.416 e. The number of aliphatic hydroxyl groups is 1. The number of alkyl halides is 3. The molecule has 1 aromatic carbocycles. The van der Waals surface area contributed by atoms with Crippen molar-refractivity contribution < 1.29 is 23.0 Å². The zero-order valence-corrected chi connectivity index (χ0v) is 11.9.